The summed E-state index contributed by atoms with van der Waals surface area (Å²) in [6.07, 6.45) is 1.50. The number of para-hydroxylation sites is 1. The largest absolute Gasteiger partial charge is 0.450 e. The van der Waals surface area contributed by atoms with E-state index in [4.69, 9.17) is 9.15 Å². The molecule has 162 valence electrons. The first-order chi connectivity index (χ1) is 15.4. The number of fused-ring (bicyclic) bond motifs is 5. The Balaban J connectivity index is 1.70. The maximum absolute atomic E-state index is 13.9. The summed E-state index contributed by atoms with van der Waals surface area (Å²) < 4.78 is 11.8. The van der Waals surface area contributed by atoms with Crippen LogP contribution in [0.15, 0.2) is 51.7 Å². The molecule has 0 radical (unpaired) electrons. The summed E-state index contributed by atoms with van der Waals surface area (Å²) in [4.78, 5) is 44.6. The zero-order valence-electron chi connectivity index (χ0n) is 17.9. The Morgan fingerprint density at radius 1 is 1.12 bits per heavy atom. The normalized spacial score (nSPS) is 24.1. The number of rotatable bonds is 2. The number of ether oxygens (including phenoxy) is 1. The minimum atomic E-state index is -1.55. The van der Waals surface area contributed by atoms with Crippen molar-refractivity contribution in [3.63, 3.8) is 0 Å². The van der Waals surface area contributed by atoms with E-state index >= 15 is 0 Å². The molecule has 1 aromatic heterocycles. The summed E-state index contributed by atoms with van der Waals surface area (Å²) in [6.45, 7) is 2.73. The number of benzene rings is 2. The van der Waals surface area contributed by atoms with E-state index in [-0.39, 0.29) is 35.3 Å². The third kappa shape index (κ3) is 2.26. The Morgan fingerprint density at radius 3 is 2.72 bits per heavy atom. The lowest BCUT2D eigenvalue weighted by atomic mass is 9.83. The lowest BCUT2D eigenvalue weighted by Gasteiger charge is -2.35. The fourth-order valence-corrected chi connectivity index (χ4v) is 5.45. The number of hydrogen-bond donors (Lipinski definition) is 0. The molecule has 0 aliphatic carbocycles. The van der Waals surface area contributed by atoms with Gasteiger partial charge in [-0.15, -0.1) is 0 Å². The predicted octanol–water partition coefficient (Wildman–Crippen LogP) is 2.96. The van der Waals surface area contributed by atoms with Crippen molar-refractivity contribution in [2.24, 2.45) is 0 Å². The zero-order valence-corrected chi connectivity index (χ0v) is 17.9. The highest BCUT2D eigenvalue weighted by molar-refractivity contribution is 6.16. The molecule has 7 heteroatoms. The van der Waals surface area contributed by atoms with Gasteiger partial charge in [0.15, 0.2) is 11.0 Å². The molecule has 3 aromatic rings. The van der Waals surface area contributed by atoms with Crippen molar-refractivity contribution in [3.05, 3.63) is 75.1 Å². The lowest BCUT2D eigenvalue weighted by Crippen LogP contribution is -2.54. The summed E-state index contributed by atoms with van der Waals surface area (Å²) in [5.41, 5.74) is 0.758. The standard InChI is InChI=1S/C25H22N2O5/c1-14-9-10-19-16(12-14)21(28)20-22(32-19)23(29)27(13-15-6-5-11-31-15)25(20)17-7-3-4-8-18(17)26(2)24(25)30/h3-4,7-10,12,15H,5-6,11,13H2,1-2H3/t15-,25+/m1/s1. The highest BCUT2D eigenvalue weighted by Gasteiger charge is 2.64. The first-order valence-electron chi connectivity index (χ1n) is 10.8. The van der Waals surface area contributed by atoms with Crippen molar-refractivity contribution in [2.45, 2.75) is 31.4 Å². The fourth-order valence-electron chi connectivity index (χ4n) is 5.45. The van der Waals surface area contributed by atoms with Crippen LogP contribution in [0.3, 0.4) is 0 Å². The van der Waals surface area contributed by atoms with Gasteiger partial charge in [-0.25, -0.2) is 0 Å². The summed E-state index contributed by atoms with van der Waals surface area (Å²) in [7, 11) is 1.68. The second-order valence-electron chi connectivity index (χ2n) is 8.78. The van der Waals surface area contributed by atoms with Gasteiger partial charge in [-0.1, -0.05) is 29.8 Å². The predicted molar refractivity (Wildman–Crippen MR) is 118 cm³/mol. The highest BCUT2D eigenvalue weighted by Crippen LogP contribution is 2.52. The third-order valence-corrected chi connectivity index (χ3v) is 6.93. The summed E-state index contributed by atoms with van der Waals surface area (Å²) >= 11 is 0. The summed E-state index contributed by atoms with van der Waals surface area (Å²) in [5, 5.41) is 0.370. The molecule has 0 bridgehead atoms. The number of amides is 2. The zero-order chi connectivity index (χ0) is 22.2. The second-order valence-corrected chi connectivity index (χ2v) is 8.78. The molecule has 2 amide bonds. The van der Waals surface area contributed by atoms with Gasteiger partial charge in [0.25, 0.3) is 11.8 Å². The van der Waals surface area contributed by atoms with Crippen molar-refractivity contribution in [2.75, 3.05) is 25.1 Å². The van der Waals surface area contributed by atoms with E-state index in [1.54, 1.807) is 19.2 Å². The quantitative estimate of drug-likeness (QED) is 0.625. The van der Waals surface area contributed by atoms with Crippen LogP contribution in [0.1, 0.15) is 40.1 Å². The Labute approximate surface area is 184 Å². The van der Waals surface area contributed by atoms with Gasteiger partial charge in [-0.3, -0.25) is 14.4 Å². The molecule has 1 fully saturated rings. The smallest absolute Gasteiger partial charge is 0.291 e. The van der Waals surface area contributed by atoms with E-state index in [2.05, 4.69) is 0 Å². The number of hydrogen-bond acceptors (Lipinski definition) is 5. The minimum absolute atomic E-state index is 0.0530. The van der Waals surface area contributed by atoms with Gasteiger partial charge in [0, 0.05) is 31.5 Å². The van der Waals surface area contributed by atoms with Crippen LogP contribution in [-0.2, 0) is 15.1 Å². The first-order valence-corrected chi connectivity index (χ1v) is 10.8. The highest BCUT2D eigenvalue weighted by atomic mass is 16.5. The number of nitrogens with zero attached hydrogens (tertiary/aromatic N) is 2. The van der Waals surface area contributed by atoms with Crippen LogP contribution in [0.2, 0.25) is 0 Å². The van der Waals surface area contributed by atoms with E-state index in [1.807, 2.05) is 37.3 Å². The molecule has 2 atom stereocenters. The summed E-state index contributed by atoms with van der Waals surface area (Å²) in [6, 6.07) is 12.6. The number of carbonyl (C=O) groups excluding carboxylic acids is 2. The van der Waals surface area contributed by atoms with Crippen LogP contribution in [0, 0.1) is 6.92 Å². The topological polar surface area (TPSA) is 80.1 Å². The van der Waals surface area contributed by atoms with E-state index < -0.39 is 11.4 Å². The molecule has 0 unspecified atom stereocenters. The molecule has 4 heterocycles. The molecule has 7 nitrogen and oxygen atoms in total. The Hall–Kier alpha value is -3.45. The fraction of sp³-hybridized carbons (Fsp3) is 0.320. The van der Waals surface area contributed by atoms with Gasteiger partial charge in [0.2, 0.25) is 5.76 Å². The Kier molecular flexibility index (Phi) is 3.93. The van der Waals surface area contributed by atoms with E-state index in [9.17, 15) is 14.4 Å². The number of anilines is 1. The van der Waals surface area contributed by atoms with E-state index in [0.717, 1.165) is 18.4 Å². The molecular weight excluding hydrogens is 408 g/mol. The minimum Gasteiger partial charge on any atom is -0.450 e. The maximum Gasteiger partial charge on any atom is 0.291 e. The van der Waals surface area contributed by atoms with Gasteiger partial charge >= 0.3 is 0 Å². The van der Waals surface area contributed by atoms with Crippen molar-refractivity contribution < 1.29 is 18.7 Å². The molecule has 0 N–H and O–H groups in total. The monoisotopic (exact) mass is 430 g/mol. The number of aryl methyl sites for hydroxylation is 1. The molecule has 32 heavy (non-hydrogen) atoms. The number of likely N-dealkylation sites (N-methyl/N-ethyl adjacent to an activating group) is 1. The molecule has 1 spiro atoms. The molecule has 3 aliphatic heterocycles. The van der Waals surface area contributed by atoms with Crippen LogP contribution < -0.4 is 10.3 Å². The van der Waals surface area contributed by atoms with Crippen molar-refractivity contribution in [1.82, 2.24) is 4.90 Å². The van der Waals surface area contributed by atoms with Crippen molar-refractivity contribution in [1.29, 1.82) is 0 Å². The lowest BCUT2D eigenvalue weighted by molar-refractivity contribution is -0.126. The first kappa shape index (κ1) is 19.3. The Bertz CT molecular complexity index is 1370. The van der Waals surface area contributed by atoms with Gasteiger partial charge in [0.1, 0.15) is 5.58 Å². The molecular formula is C25H22N2O5. The van der Waals surface area contributed by atoms with Gasteiger partial charge in [-0.05, 0) is 38.0 Å². The van der Waals surface area contributed by atoms with Crippen molar-refractivity contribution >= 4 is 28.5 Å². The SMILES string of the molecule is Cc1ccc2oc3c(c(=O)c2c1)[C@@]1(C(=O)N(C)c2ccccc21)N(C[C@H]1CCCO1)C3=O. The van der Waals surface area contributed by atoms with Crippen LogP contribution in [0.5, 0.6) is 0 Å². The van der Waals surface area contributed by atoms with Gasteiger partial charge in [-0.2, -0.15) is 0 Å². The Morgan fingerprint density at radius 2 is 1.94 bits per heavy atom. The third-order valence-electron chi connectivity index (χ3n) is 6.93. The summed E-state index contributed by atoms with van der Waals surface area (Å²) in [5.74, 6) is -0.834. The van der Waals surface area contributed by atoms with Crippen LogP contribution in [0.25, 0.3) is 11.0 Å². The van der Waals surface area contributed by atoms with Crippen molar-refractivity contribution in [3.8, 4) is 0 Å². The molecule has 1 saturated heterocycles. The second kappa shape index (κ2) is 6.53. The van der Waals surface area contributed by atoms with E-state index in [1.165, 1.54) is 9.80 Å². The van der Waals surface area contributed by atoms with E-state index in [0.29, 0.717) is 28.8 Å². The molecule has 2 aromatic carbocycles. The average molecular weight is 430 g/mol. The van der Waals surface area contributed by atoms with Crippen LogP contribution >= 0.6 is 0 Å². The molecule has 3 aliphatic rings. The molecule has 0 saturated carbocycles. The van der Waals surface area contributed by atoms with Gasteiger partial charge < -0.3 is 19.0 Å². The number of carbonyl (C=O) groups is 2. The van der Waals surface area contributed by atoms with Crippen LogP contribution in [-0.4, -0.2) is 43.0 Å². The van der Waals surface area contributed by atoms with Crippen LogP contribution in [0.4, 0.5) is 5.69 Å². The molecule has 6 rings (SSSR count). The maximum atomic E-state index is 13.9. The van der Waals surface area contributed by atoms with Gasteiger partial charge in [0.05, 0.1) is 17.1 Å². The average Bonchev–Trinajstić information content (AvgIpc) is 3.45.